The zero-order valence-corrected chi connectivity index (χ0v) is 20.0. The van der Waals surface area contributed by atoms with E-state index in [0.717, 1.165) is 11.1 Å². The van der Waals surface area contributed by atoms with Gasteiger partial charge in [-0.25, -0.2) is 4.90 Å². The first-order valence-electron chi connectivity index (χ1n) is 11.2. The van der Waals surface area contributed by atoms with Crippen LogP contribution in [0.3, 0.4) is 0 Å². The Bertz CT molecular complexity index is 1260. The third-order valence-corrected chi connectivity index (χ3v) is 5.55. The maximum atomic E-state index is 13.7. The number of imide groups is 1. The molecule has 1 N–H and O–H groups in total. The van der Waals surface area contributed by atoms with Gasteiger partial charge in [-0.1, -0.05) is 29.8 Å². The molecule has 6 heteroatoms. The van der Waals surface area contributed by atoms with Crippen molar-refractivity contribution in [3.05, 3.63) is 89.1 Å². The number of rotatable bonds is 7. The van der Waals surface area contributed by atoms with Crippen LogP contribution in [0.4, 0.5) is 11.4 Å². The lowest BCUT2D eigenvalue weighted by Crippen LogP contribution is -2.33. The van der Waals surface area contributed by atoms with Crippen molar-refractivity contribution in [2.75, 3.05) is 17.3 Å². The molecule has 0 fully saturated rings. The number of hydrogen-bond donors (Lipinski definition) is 1. The molecule has 0 bridgehead atoms. The maximum Gasteiger partial charge on any atom is 0.282 e. The Kier molecular flexibility index (Phi) is 6.41. The van der Waals surface area contributed by atoms with Crippen LogP contribution in [-0.2, 0) is 9.59 Å². The molecule has 1 aliphatic rings. The number of carbonyl (C=O) groups excluding carboxylic acids is 2. The van der Waals surface area contributed by atoms with Gasteiger partial charge in [-0.3, -0.25) is 9.59 Å². The van der Waals surface area contributed by atoms with E-state index < -0.39 is 5.91 Å². The van der Waals surface area contributed by atoms with Gasteiger partial charge in [0.05, 0.1) is 24.5 Å². The Hall–Kier alpha value is -4.06. The Morgan fingerprint density at radius 3 is 2.06 bits per heavy atom. The van der Waals surface area contributed by atoms with Crippen LogP contribution in [0.25, 0.3) is 5.57 Å². The van der Waals surface area contributed by atoms with Crippen LogP contribution in [0.1, 0.15) is 30.5 Å². The predicted molar refractivity (Wildman–Crippen MR) is 134 cm³/mol. The maximum absolute atomic E-state index is 13.7. The van der Waals surface area contributed by atoms with Gasteiger partial charge in [-0.2, -0.15) is 0 Å². The molecule has 2 amide bonds. The smallest absolute Gasteiger partial charge is 0.282 e. The normalized spacial score (nSPS) is 13.6. The number of methoxy groups -OCH3 is 1. The van der Waals surface area contributed by atoms with Gasteiger partial charge < -0.3 is 14.8 Å². The molecule has 174 valence electrons. The van der Waals surface area contributed by atoms with Gasteiger partial charge in [-0.15, -0.1) is 0 Å². The fourth-order valence-electron chi connectivity index (χ4n) is 3.98. The van der Waals surface area contributed by atoms with Crippen molar-refractivity contribution < 1.29 is 19.1 Å². The molecular formula is C28H28N2O4. The molecule has 0 aliphatic carbocycles. The van der Waals surface area contributed by atoms with Crippen LogP contribution in [0.15, 0.2) is 72.4 Å². The number of aryl methyl sites for hydroxylation is 2. The van der Waals surface area contributed by atoms with Crippen molar-refractivity contribution in [2.24, 2.45) is 0 Å². The minimum Gasteiger partial charge on any atom is -0.497 e. The third kappa shape index (κ3) is 4.53. The zero-order valence-electron chi connectivity index (χ0n) is 20.0. The molecule has 4 rings (SSSR count). The lowest BCUT2D eigenvalue weighted by Gasteiger charge is -2.18. The number of carbonyl (C=O) groups is 2. The summed E-state index contributed by atoms with van der Waals surface area (Å²) in [7, 11) is 1.59. The minimum atomic E-state index is -0.398. The summed E-state index contributed by atoms with van der Waals surface area (Å²) in [5.74, 6) is 0.633. The zero-order chi connectivity index (χ0) is 24.4. The highest BCUT2D eigenvalue weighted by molar-refractivity contribution is 6.46. The van der Waals surface area contributed by atoms with E-state index in [9.17, 15) is 9.59 Å². The summed E-state index contributed by atoms with van der Waals surface area (Å²) in [5, 5.41) is 3.18. The number of anilines is 2. The van der Waals surface area contributed by atoms with E-state index in [0.29, 0.717) is 34.0 Å². The second-order valence-corrected chi connectivity index (χ2v) is 8.53. The van der Waals surface area contributed by atoms with E-state index in [4.69, 9.17) is 9.47 Å². The van der Waals surface area contributed by atoms with E-state index in [1.165, 1.54) is 4.90 Å². The minimum absolute atomic E-state index is 0.0343. The highest BCUT2D eigenvalue weighted by Gasteiger charge is 2.40. The standard InChI is InChI=1S/C28H28N2O4/c1-17(2)34-23-11-7-20(8-12-23)25-26(29-21-9-13-22(33-5)14-10-21)28(32)30(27(25)31)24-15-6-18(3)16-19(24)4/h6-17,29H,1-5H3. The van der Waals surface area contributed by atoms with Crippen LogP contribution in [0.5, 0.6) is 11.5 Å². The second kappa shape index (κ2) is 9.43. The molecule has 0 unspecified atom stereocenters. The molecule has 0 atom stereocenters. The Labute approximate surface area is 199 Å². The van der Waals surface area contributed by atoms with Crippen LogP contribution in [0, 0.1) is 13.8 Å². The van der Waals surface area contributed by atoms with Gasteiger partial charge in [0.1, 0.15) is 17.2 Å². The number of nitrogens with zero attached hydrogens (tertiary/aromatic N) is 1. The van der Waals surface area contributed by atoms with Crippen LogP contribution in [-0.4, -0.2) is 25.0 Å². The van der Waals surface area contributed by atoms with Gasteiger partial charge >= 0.3 is 0 Å². The van der Waals surface area contributed by atoms with Crippen molar-refractivity contribution in [2.45, 2.75) is 33.8 Å². The first-order chi connectivity index (χ1) is 16.3. The molecule has 0 radical (unpaired) electrons. The summed E-state index contributed by atoms with van der Waals surface area (Å²) in [5.41, 5.74) is 4.35. The van der Waals surface area contributed by atoms with Crippen molar-refractivity contribution in [1.82, 2.24) is 0 Å². The lowest BCUT2D eigenvalue weighted by atomic mass is 10.0. The first kappa shape index (κ1) is 23.1. The Morgan fingerprint density at radius 2 is 1.47 bits per heavy atom. The summed E-state index contributed by atoms with van der Waals surface area (Å²) >= 11 is 0. The molecule has 1 aliphatic heterocycles. The highest BCUT2D eigenvalue weighted by Crippen LogP contribution is 2.36. The summed E-state index contributed by atoms with van der Waals surface area (Å²) in [4.78, 5) is 28.5. The van der Waals surface area contributed by atoms with Crippen molar-refractivity contribution in [3.63, 3.8) is 0 Å². The molecule has 3 aromatic carbocycles. The number of hydrogen-bond acceptors (Lipinski definition) is 5. The summed E-state index contributed by atoms with van der Waals surface area (Å²) in [6.07, 6.45) is 0.0343. The molecule has 34 heavy (non-hydrogen) atoms. The second-order valence-electron chi connectivity index (χ2n) is 8.53. The Morgan fingerprint density at radius 1 is 0.824 bits per heavy atom. The van der Waals surface area contributed by atoms with Crippen LogP contribution < -0.4 is 19.7 Å². The monoisotopic (exact) mass is 456 g/mol. The molecule has 1 heterocycles. The first-order valence-corrected chi connectivity index (χ1v) is 11.2. The fourth-order valence-corrected chi connectivity index (χ4v) is 3.98. The summed E-state index contributed by atoms with van der Waals surface area (Å²) in [6.45, 7) is 7.78. The summed E-state index contributed by atoms with van der Waals surface area (Å²) < 4.78 is 11.0. The molecule has 3 aromatic rings. The largest absolute Gasteiger partial charge is 0.497 e. The third-order valence-electron chi connectivity index (χ3n) is 5.55. The topological polar surface area (TPSA) is 67.9 Å². The Balaban J connectivity index is 1.78. The van der Waals surface area contributed by atoms with E-state index in [2.05, 4.69) is 5.32 Å². The number of ether oxygens (including phenoxy) is 2. The molecule has 0 aromatic heterocycles. The fraction of sp³-hybridized carbons (Fsp3) is 0.214. The van der Waals surface area contributed by atoms with Gasteiger partial charge in [0.2, 0.25) is 0 Å². The molecule has 0 saturated carbocycles. The lowest BCUT2D eigenvalue weighted by molar-refractivity contribution is -0.120. The number of benzene rings is 3. The van der Waals surface area contributed by atoms with Gasteiger partial charge in [-0.05, 0) is 81.3 Å². The van der Waals surface area contributed by atoms with E-state index in [-0.39, 0.29) is 17.7 Å². The molecule has 0 saturated heterocycles. The van der Waals surface area contributed by atoms with Gasteiger partial charge in [0.25, 0.3) is 11.8 Å². The average molecular weight is 457 g/mol. The van der Waals surface area contributed by atoms with Crippen molar-refractivity contribution in [1.29, 1.82) is 0 Å². The number of nitrogens with one attached hydrogen (secondary N) is 1. The van der Waals surface area contributed by atoms with Gasteiger partial charge in [0, 0.05) is 5.69 Å². The van der Waals surface area contributed by atoms with E-state index >= 15 is 0 Å². The quantitative estimate of drug-likeness (QED) is 0.476. The molecule has 6 nitrogen and oxygen atoms in total. The van der Waals surface area contributed by atoms with Gasteiger partial charge in [0.15, 0.2) is 0 Å². The van der Waals surface area contributed by atoms with Crippen LogP contribution in [0.2, 0.25) is 0 Å². The van der Waals surface area contributed by atoms with E-state index in [1.807, 2.05) is 58.0 Å². The van der Waals surface area contributed by atoms with Crippen molar-refractivity contribution in [3.8, 4) is 11.5 Å². The molecular weight excluding hydrogens is 428 g/mol. The van der Waals surface area contributed by atoms with E-state index in [1.54, 1.807) is 43.5 Å². The highest BCUT2D eigenvalue weighted by atomic mass is 16.5. The predicted octanol–water partition coefficient (Wildman–Crippen LogP) is 5.50. The SMILES string of the molecule is COc1ccc(NC2=C(c3ccc(OC(C)C)cc3)C(=O)N(c3ccc(C)cc3C)C2=O)cc1. The van der Waals surface area contributed by atoms with Crippen molar-refractivity contribution >= 4 is 28.8 Å². The molecule has 0 spiro atoms. The average Bonchev–Trinajstić information content (AvgIpc) is 3.04. The summed E-state index contributed by atoms with van der Waals surface area (Å²) in [6, 6.07) is 20.1. The number of amides is 2. The van der Waals surface area contributed by atoms with Crippen LogP contribution >= 0.6 is 0 Å².